The van der Waals surface area contributed by atoms with E-state index in [0.29, 0.717) is 48.4 Å². The highest BCUT2D eigenvalue weighted by Crippen LogP contribution is 2.28. The summed E-state index contributed by atoms with van der Waals surface area (Å²) in [6.07, 6.45) is 3.64. The quantitative estimate of drug-likeness (QED) is 0.487. The number of thiazole rings is 1. The van der Waals surface area contributed by atoms with Crippen LogP contribution in [0.5, 0.6) is 0 Å². The lowest BCUT2D eigenvalue weighted by molar-refractivity contribution is -0.125. The van der Waals surface area contributed by atoms with Crippen molar-refractivity contribution in [3.8, 4) is 5.13 Å². The minimum Gasteiger partial charge on any atom is -0.477 e. The molecule has 0 radical (unpaired) electrons. The van der Waals surface area contributed by atoms with Crippen molar-refractivity contribution in [3.05, 3.63) is 45.2 Å². The first kappa shape index (κ1) is 21.9. The van der Waals surface area contributed by atoms with Gasteiger partial charge in [0, 0.05) is 51.1 Å². The summed E-state index contributed by atoms with van der Waals surface area (Å²) in [6.45, 7) is 3.96. The Labute approximate surface area is 187 Å². The van der Waals surface area contributed by atoms with E-state index in [1.807, 2.05) is 4.90 Å². The van der Waals surface area contributed by atoms with Crippen molar-refractivity contribution in [2.45, 2.75) is 13.3 Å². The Morgan fingerprint density at radius 1 is 1.38 bits per heavy atom. The molecule has 0 bridgehead atoms. The first-order valence-electron chi connectivity index (χ1n) is 10.1. The van der Waals surface area contributed by atoms with Crippen LogP contribution in [0.3, 0.4) is 0 Å². The molecule has 10 nitrogen and oxygen atoms in total. The average Bonchev–Trinajstić information content (AvgIpc) is 3.24. The van der Waals surface area contributed by atoms with Crippen LogP contribution in [0, 0.1) is 12.8 Å². The number of amides is 1. The number of ether oxygens (including phenoxy) is 1. The van der Waals surface area contributed by atoms with Gasteiger partial charge in [0.2, 0.25) is 11.3 Å². The molecule has 4 rings (SSSR count). The molecule has 0 spiro atoms. The topological polar surface area (TPSA) is 127 Å². The summed E-state index contributed by atoms with van der Waals surface area (Å²) in [5, 5.41) is 14.9. The van der Waals surface area contributed by atoms with Crippen LogP contribution in [0.25, 0.3) is 16.2 Å². The number of carbonyl (C=O) groups is 2. The summed E-state index contributed by atoms with van der Waals surface area (Å²) in [5.41, 5.74) is 0.0570. The number of nitrogens with one attached hydrogen (secondary N) is 1. The summed E-state index contributed by atoms with van der Waals surface area (Å²) < 4.78 is 6.53. The molecule has 0 aromatic carbocycles. The zero-order valence-electron chi connectivity index (χ0n) is 17.7. The van der Waals surface area contributed by atoms with E-state index in [2.05, 4.69) is 15.3 Å². The molecule has 1 amide bonds. The number of aromatic nitrogens is 3. The van der Waals surface area contributed by atoms with Gasteiger partial charge >= 0.3 is 5.97 Å². The molecule has 11 heteroatoms. The predicted octanol–water partition coefficient (Wildman–Crippen LogP) is 1.44. The maximum Gasteiger partial charge on any atom is 0.341 e. The zero-order chi connectivity index (χ0) is 22.8. The number of nitrogens with zero attached hydrogens (tertiary/aromatic N) is 4. The Kier molecular flexibility index (Phi) is 6.19. The molecule has 2 N–H and O–H groups in total. The first-order chi connectivity index (χ1) is 15.4. The predicted molar refractivity (Wildman–Crippen MR) is 120 cm³/mol. The lowest BCUT2D eigenvalue weighted by Crippen LogP contribution is -2.54. The van der Waals surface area contributed by atoms with Gasteiger partial charge in [-0.25, -0.2) is 14.8 Å². The van der Waals surface area contributed by atoms with Crippen LogP contribution in [0.1, 0.15) is 22.3 Å². The fourth-order valence-corrected chi connectivity index (χ4v) is 4.29. The highest BCUT2D eigenvalue weighted by atomic mass is 32.1. The highest BCUT2D eigenvalue weighted by Gasteiger charge is 2.34. The number of carboxylic acid groups (broad SMARTS) is 1. The van der Waals surface area contributed by atoms with Crippen molar-refractivity contribution in [2.24, 2.45) is 5.92 Å². The van der Waals surface area contributed by atoms with Crippen LogP contribution in [0.15, 0.2) is 28.6 Å². The Hall–Kier alpha value is -3.31. The molecule has 0 aliphatic carbocycles. The van der Waals surface area contributed by atoms with Gasteiger partial charge in [0.15, 0.2) is 10.8 Å². The van der Waals surface area contributed by atoms with Gasteiger partial charge in [-0.15, -0.1) is 11.3 Å². The highest BCUT2D eigenvalue weighted by molar-refractivity contribution is 7.12. The van der Waals surface area contributed by atoms with Crippen molar-refractivity contribution in [1.82, 2.24) is 19.9 Å². The van der Waals surface area contributed by atoms with Gasteiger partial charge in [-0.2, -0.15) is 0 Å². The standard InChI is InChI=1S/C21H23N5O5S/c1-12-8-15(25-9-13(10-25)19(28)22-4-3-6-31-2)24-18-16(12)17(27)14(20(29)30)11-26(18)21-23-5-7-32-21/h5,7-8,11,13H,3-4,6,9-10H2,1-2H3,(H,22,28)(H,29,30). The number of fused-ring (bicyclic) bond motifs is 1. The smallest absolute Gasteiger partial charge is 0.341 e. The van der Waals surface area contributed by atoms with E-state index in [9.17, 15) is 19.5 Å². The molecule has 168 valence electrons. The number of hydrogen-bond acceptors (Lipinski definition) is 8. The first-order valence-corrected chi connectivity index (χ1v) is 11.0. The molecule has 0 atom stereocenters. The summed E-state index contributed by atoms with van der Waals surface area (Å²) in [5.74, 6) is -0.800. The molecule has 3 aromatic heterocycles. The molecule has 4 heterocycles. The number of pyridine rings is 2. The van der Waals surface area contributed by atoms with E-state index in [-0.39, 0.29) is 22.8 Å². The van der Waals surface area contributed by atoms with Gasteiger partial charge < -0.3 is 20.1 Å². The molecular weight excluding hydrogens is 434 g/mol. The van der Waals surface area contributed by atoms with Crippen molar-refractivity contribution in [3.63, 3.8) is 0 Å². The van der Waals surface area contributed by atoms with E-state index in [1.54, 1.807) is 36.2 Å². The number of carbonyl (C=O) groups excluding carboxylic acids is 1. The third-order valence-electron chi connectivity index (χ3n) is 5.40. The van der Waals surface area contributed by atoms with Gasteiger partial charge in [-0.05, 0) is 25.0 Å². The summed E-state index contributed by atoms with van der Waals surface area (Å²) in [4.78, 5) is 47.7. The number of methoxy groups -OCH3 is 1. The maximum absolute atomic E-state index is 12.8. The van der Waals surface area contributed by atoms with Gasteiger partial charge in [-0.1, -0.05) is 0 Å². The number of hydrogen-bond donors (Lipinski definition) is 2. The molecule has 32 heavy (non-hydrogen) atoms. The Morgan fingerprint density at radius 2 is 2.16 bits per heavy atom. The van der Waals surface area contributed by atoms with Crippen LogP contribution in [-0.4, -0.2) is 64.9 Å². The number of anilines is 1. The SMILES string of the molecule is COCCCNC(=O)C1CN(c2cc(C)c3c(=O)c(C(=O)O)cn(-c4nccs4)c3n2)C1. The van der Waals surface area contributed by atoms with Gasteiger partial charge in [-0.3, -0.25) is 14.2 Å². The van der Waals surface area contributed by atoms with Crippen LogP contribution in [-0.2, 0) is 9.53 Å². The second kappa shape index (κ2) is 9.05. The molecular formula is C21H23N5O5S. The van der Waals surface area contributed by atoms with Gasteiger partial charge in [0.25, 0.3) is 0 Å². The average molecular weight is 458 g/mol. The number of carboxylic acids is 1. The summed E-state index contributed by atoms with van der Waals surface area (Å²) >= 11 is 1.31. The number of rotatable bonds is 8. The minimum absolute atomic E-state index is 0.000609. The van der Waals surface area contributed by atoms with E-state index >= 15 is 0 Å². The summed E-state index contributed by atoms with van der Waals surface area (Å²) in [6, 6.07) is 1.76. The van der Waals surface area contributed by atoms with Gasteiger partial charge in [0.1, 0.15) is 11.4 Å². The van der Waals surface area contributed by atoms with E-state index in [0.717, 1.165) is 6.42 Å². The van der Waals surface area contributed by atoms with E-state index < -0.39 is 11.4 Å². The molecule has 3 aromatic rings. The Balaban J connectivity index is 1.64. The molecule has 0 saturated carbocycles. The minimum atomic E-state index is -1.30. The molecule has 1 saturated heterocycles. The van der Waals surface area contributed by atoms with Crippen molar-refractivity contribution < 1.29 is 19.4 Å². The fourth-order valence-electron chi connectivity index (χ4n) is 3.68. The number of aromatic carboxylic acids is 1. The fraction of sp³-hybridized carbons (Fsp3) is 0.381. The normalized spacial score (nSPS) is 13.9. The van der Waals surface area contributed by atoms with Crippen LogP contribution in [0.2, 0.25) is 0 Å². The third-order valence-corrected chi connectivity index (χ3v) is 6.17. The van der Waals surface area contributed by atoms with Crippen LogP contribution >= 0.6 is 11.3 Å². The lowest BCUT2D eigenvalue weighted by atomic mass is 9.98. The molecule has 1 aliphatic heterocycles. The summed E-state index contributed by atoms with van der Waals surface area (Å²) in [7, 11) is 1.63. The monoisotopic (exact) mass is 457 g/mol. The third kappa shape index (κ3) is 4.08. The van der Waals surface area contributed by atoms with Crippen molar-refractivity contribution in [2.75, 3.05) is 38.3 Å². The second-order valence-electron chi connectivity index (χ2n) is 7.60. The van der Waals surface area contributed by atoms with Crippen LogP contribution < -0.4 is 15.6 Å². The Bertz CT molecular complexity index is 1220. The van der Waals surface area contributed by atoms with Crippen LogP contribution in [0.4, 0.5) is 5.82 Å². The largest absolute Gasteiger partial charge is 0.477 e. The maximum atomic E-state index is 12.8. The molecule has 1 aliphatic rings. The van der Waals surface area contributed by atoms with Gasteiger partial charge in [0.05, 0.1) is 11.3 Å². The Morgan fingerprint density at radius 3 is 2.81 bits per heavy atom. The lowest BCUT2D eigenvalue weighted by Gasteiger charge is -2.39. The molecule has 1 fully saturated rings. The zero-order valence-corrected chi connectivity index (χ0v) is 18.5. The van der Waals surface area contributed by atoms with E-state index in [1.165, 1.54) is 17.5 Å². The van der Waals surface area contributed by atoms with E-state index in [4.69, 9.17) is 4.74 Å². The molecule has 0 unspecified atom stereocenters. The van der Waals surface area contributed by atoms with Crippen molar-refractivity contribution >= 4 is 40.1 Å². The van der Waals surface area contributed by atoms with Crippen molar-refractivity contribution in [1.29, 1.82) is 0 Å². The number of aryl methyl sites for hydroxylation is 1. The second-order valence-corrected chi connectivity index (χ2v) is 8.47.